The molecule has 1 fully saturated rings. The van der Waals surface area contributed by atoms with E-state index in [2.05, 4.69) is 61.8 Å². The minimum Gasteiger partial charge on any atom is -0.384 e. The van der Waals surface area contributed by atoms with Crippen molar-refractivity contribution in [1.29, 1.82) is 0 Å². The van der Waals surface area contributed by atoms with E-state index in [9.17, 15) is 4.79 Å². The molecule has 3 heterocycles. The summed E-state index contributed by atoms with van der Waals surface area (Å²) in [6, 6.07) is 10.7. The molecule has 0 spiro atoms. The molecule has 5 N–H and O–H groups in total. The average Bonchev–Trinajstić information content (AvgIpc) is 3.51. The Kier molecular flexibility index (Phi) is 7.09. The van der Waals surface area contributed by atoms with Crippen LogP contribution in [0, 0.1) is 0 Å². The van der Waals surface area contributed by atoms with Crippen LogP contribution in [0.1, 0.15) is 37.4 Å². The molecule has 0 radical (unpaired) electrons. The van der Waals surface area contributed by atoms with Crippen LogP contribution < -0.4 is 16.4 Å². The van der Waals surface area contributed by atoms with Crippen molar-refractivity contribution in [1.82, 2.24) is 30.1 Å². The van der Waals surface area contributed by atoms with Crippen molar-refractivity contribution in [3.05, 3.63) is 59.4 Å². The summed E-state index contributed by atoms with van der Waals surface area (Å²) < 4.78 is 0. The molecule has 1 amide bonds. The van der Waals surface area contributed by atoms with Gasteiger partial charge in [-0.05, 0) is 50.9 Å². The second-order valence-electron chi connectivity index (χ2n) is 10.0. The highest BCUT2D eigenvalue weighted by Gasteiger charge is 2.24. The van der Waals surface area contributed by atoms with Gasteiger partial charge in [0.15, 0.2) is 0 Å². The number of amidine groups is 1. The number of nitrogens with zero attached hydrogens (tertiary/aromatic N) is 5. The molecular weight excluding hydrogens is 466 g/mol. The number of aliphatic imine (C=N–C) groups is 1. The number of H-pyrrole nitrogens is 1. The quantitative estimate of drug-likeness (QED) is 0.223. The number of aryl methyl sites for hydroxylation is 1. The van der Waals surface area contributed by atoms with Crippen molar-refractivity contribution in [3.63, 3.8) is 0 Å². The second kappa shape index (κ2) is 10.6. The Morgan fingerprint density at radius 2 is 1.97 bits per heavy atom. The first kappa shape index (κ1) is 24.8. The molecule has 37 heavy (non-hydrogen) atoms. The van der Waals surface area contributed by atoms with Gasteiger partial charge >= 0.3 is 0 Å². The van der Waals surface area contributed by atoms with Gasteiger partial charge in [-0.25, -0.2) is 0 Å². The van der Waals surface area contributed by atoms with Crippen molar-refractivity contribution in [3.8, 4) is 0 Å². The molecule has 2 aromatic heterocycles. The summed E-state index contributed by atoms with van der Waals surface area (Å²) in [6.07, 6.45) is 5.45. The van der Waals surface area contributed by atoms with Crippen LogP contribution in [-0.2, 0) is 11.2 Å². The predicted octanol–water partition coefficient (Wildman–Crippen LogP) is 2.70. The van der Waals surface area contributed by atoms with Crippen molar-refractivity contribution < 1.29 is 4.79 Å². The molecule has 3 aromatic rings. The van der Waals surface area contributed by atoms with Gasteiger partial charge in [0, 0.05) is 44.5 Å². The number of nitrogens with two attached hydrogens (primary N) is 1. The standard InChI is InChI=1S/C27H35N9O/c1-17(2)30-22(26(37)36-14-12-35(3)13-15-36)16-23(28)32-27-33-24-20(10-11-29-24)25(34-27)31-21-9-8-18-6-4-5-7-19(18)21/h4-7,10-11,16-17,21,30H,8-9,12-15H2,1-3H3,(H4,28,29,31,32,33,34)/b22-16-/t21-/m0/s1. The molecule has 1 saturated heterocycles. The van der Waals surface area contributed by atoms with Gasteiger partial charge in [0.1, 0.15) is 23.0 Å². The summed E-state index contributed by atoms with van der Waals surface area (Å²) in [5.41, 5.74) is 10.1. The van der Waals surface area contributed by atoms with Crippen LogP contribution in [0.5, 0.6) is 0 Å². The summed E-state index contributed by atoms with van der Waals surface area (Å²) in [5, 5.41) is 7.73. The number of nitrogens with one attached hydrogen (secondary N) is 3. The highest BCUT2D eigenvalue weighted by molar-refractivity contribution is 6.03. The number of amides is 1. The fraction of sp³-hybridized carbons (Fsp3) is 0.407. The van der Waals surface area contributed by atoms with Gasteiger partial charge in [0.2, 0.25) is 0 Å². The van der Waals surface area contributed by atoms with E-state index < -0.39 is 0 Å². The number of benzene rings is 1. The number of hydrogen-bond acceptors (Lipinski definition) is 7. The van der Waals surface area contributed by atoms with Crippen LogP contribution in [0.2, 0.25) is 0 Å². The second-order valence-corrected chi connectivity index (χ2v) is 10.0. The van der Waals surface area contributed by atoms with Gasteiger partial charge in [0.25, 0.3) is 11.9 Å². The predicted molar refractivity (Wildman–Crippen MR) is 147 cm³/mol. The number of fused-ring (bicyclic) bond motifs is 2. The average molecular weight is 502 g/mol. The summed E-state index contributed by atoms with van der Waals surface area (Å²) in [6.45, 7) is 7.01. The third-order valence-electron chi connectivity index (χ3n) is 6.83. The van der Waals surface area contributed by atoms with E-state index in [0.29, 0.717) is 30.3 Å². The van der Waals surface area contributed by atoms with E-state index in [-0.39, 0.29) is 29.8 Å². The van der Waals surface area contributed by atoms with Crippen LogP contribution in [0.25, 0.3) is 11.0 Å². The van der Waals surface area contributed by atoms with Gasteiger partial charge in [-0.15, -0.1) is 0 Å². The maximum atomic E-state index is 13.2. The summed E-state index contributed by atoms with van der Waals surface area (Å²) in [5.74, 6) is 1.02. The molecule has 194 valence electrons. The maximum Gasteiger partial charge on any atom is 0.270 e. The fourth-order valence-electron chi connectivity index (χ4n) is 4.91. The molecule has 0 saturated carbocycles. The van der Waals surface area contributed by atoms with Gasteiger partial charge in [-0.3, -0.25) is 4.79 Å². The number of aromatic nitrogens is 3. The van der Waals surface area contributed by atoms with E-state index in [4.69, 9.17) is 10.7 Å². The van der Waals surface area contributed by atoms with E-state index >= 15 is 0 Å². The number of hydrogen-bond donors (Lipinski definition) is 4. The molecule has 1 atom stereocenters. The topological polar surface area (TPSA) is 128 Å². The van der Waals surface area contributed by atoms with Gasteiger partial charge in [0.05, 0.1) is 11.4 Å². The van der Waals surface area contributed by atoms with Crippen molar-refractivity contribution in [2.24, 2.45) is 10.7 Å². The van der Waals surface area contributed by atoms with Gasteiger partial charge < -0.3 is 31.2 Å². The van der Waals surface area contributed by atoms with Crippen molar-refractivity contribution >= 4 is 34.5 Å². The monoisotopic (exact) mass is 501 g/mol. The smallest absolute Gasteiger partial charge is 0.270 e. The molecule has 10 nitrogen and oxygen atoms in total. The van der Waals surface area contributed by atoms with Crippen LogP contribution in [0.4, 0.5) is 11.8 Å². The Labute approximate surface area is 217 Å². The summed E-state index contributed by atoms with van der Waals surface area (Å²) >= 11 is 0. The zero-order chi connectivity index (χ0) is 25.9. The number of piperazine rings is 1. The lowest BCUT2D eigenvalue weighted by atomic mass is 10.1. The highest BCUT2D eigenvalue weighted by atomic mass is 16.2. The lowest BCUT2D eigenvalue weighted by Crippen LogP contribution is -2.49. The first-order valence-corrected chi connectivity index (χ1v) is 12.9. The molecular formula is C27H35N9O. The fourth-order valence-corrected chi connectivity index (χ4v) is 4.91. The first-order chi connectivity index (χ1) is 17.9. The lowest BCUT2D eigenvalue weighted by molar-refractivity contribution is -0.129. The Balaban J connectivity index is 1.42. The zero-order valence-corrected chi connectivity index (χ0v) is 21.7. The highest BCUT2D eigenvalue weighted by Crippen LogP contribution is 2.35. The number of rotatable bonds is 7. The number of likely N-dealkylation sites (N-methyl/N-ethyl adjacent to an activating group) is 1. The molecule has 1 aliphatic carbocycles. The van der Waals surface area contributed by atoms with E-state index in [0.717, 1.165) is 31.3 Å². The van der Waals surface area contributed by atoms with E-state index in [1.807, 2.05) is 31.0 Å². The van der Waals surface area contributed by atoms with Crippen LogP contribution in [-0.4, -0.2) is 75.8 Å². The molecule has 2 aliphatic rings. The minimum atomic E-state index is -0.0806. The number of anilines is 1. The van der Waals surface area contributed by atoms with E-state index in [1.165, 1.54) is 11.1 Å². The number of aromatic amines is 1. The van der Waals surface area contributed by atoms with Crippen molar-refractivity contribution in [2.45, 2.75) is 38.8 Å². The first-order valence-electron chi connectivity index (χ1n) is 12.9. The Bertz CT molecular complexity index is 1330. The van der Waals surface area contributed by atoms with Crippen LogP contribution >= 0.6 is 0 Å². The molecule has 5 rings (SSSR count). The minimum absolute atomic E-state index is 0.0621. The van der Waals surface area contributed by atoms with Crippen LogP contribution in [0.3, 0.4) is 0 Å². The Morgan fingerprint density at radius 1 is 1.19 bits per heavy atom. The van der Waals surface area contributed by atoms with Gasteiger partial charge in [-0.2, -0.15) is 15.0 Å². The lowest BCUT2D eigenvalue weighted by Gasteiger charge is -2.33. The number of carbonyl (C=O) groups excluding carboxylic acids is 1. The third-order valence-corrected chi connectivity index (χ3v) is 6.83. The third kappa shape index (κ3) is 5.59. The Morgan fingerprint density at radius 3 is 2.76 bits per heavy atom. The molecule has 1 aromatic carbocycles. The number of carbonyl (C=O) groups is 1. The molecule has 1 aliphatic heterocycles. The zero-order valence-electron chi connectivity index (χ0n) is 21.7. The molecule has 0 bridgehead atoms. The maximum absolute atomic E-state index is 13.2. The molecule has 10 heteroatoms. The molecule has 0 unspecified atom stereocenters. The normalized spacial score (nSPS) is 18.9. The summed E-state index contributed by atoms with van der Waals surface area (Å²) in [7, 11) is 2.06. The van der Waals surface area contributed by atoms with E-state index in [1.54, 1.807) is 6.08 Å². The SMILES string of the molecule is CC(C)N/C(=C\C(N)=N\c1nc(N[C@H]2CCc3ccccc32)c2cc[nH]c2n1)C(=O)N1CCN(C)CC1. The Hall–Kier alpha value is -3.92. The van der Waals surface area contributed by atoms with Crippen molar-refractivity contribution in [2.75, 3.05) is 38.5 Å². The van der Waals surface area contributed by atoms with Crippen LogP contribution in [0.15, 0.2) is 53.3 Å². The largest absolute Gasteiger partial charge is 0.384 e. The van der Waals surface area contributed by atoms with Gasteiger partial charge in [-0.1, -0.05) is 24.3 Å². The summed E-state index contributed by atoms with van der Waals surface area (Å²) in [4.78, 5) is 34.2.